The number of hydrogen-bond donors (Lipinski definition) is 0. The Morgan fingerprint density at radius 3 is 0.568 bits per heavy atom. The fourth-order valence-electron chi connectivity index (χ4n) is 11.2. The molecule has 4 bridgehead atoms. The number of rotatable bonds is 27. The van der Waals surface area contributed by atoms with E-state index in [2.05, 4.69) is 0 Å². The smallest absolute Gasteiger partial charge is 0.0737 e. The Bertz CT molecular complexity index is 562. The molecule has 4 heterocycles. The lowest BCUT2D eigenvalue weighted by atomic mass is 9.26. The lowest BCUT2D eigenvalue weighted by Gasteiger charge is -2.40. The fraction of sp³-hybridized carbons (Fsp3) is 1.00. The third-order valence-electron chi connectivity index (χ3n) is 13.8. The Hall–Kier alpha value is 0.130. The highest BCUT2D eigenvalue weighted by atomic mass is 14.3. The van der Waals surface area contributed by atoms with Gasteiger partial charge in [-0.05, 0) is 0 Å². The molecule has 0 atom stereocenters. The quantitative estimate of drug-likeness (QED) is 0.0645. The molecule has 0 aromatic carbocycles. The lowest BCUT2D eigenvalue weighted by Crippen LogP contribution is -2.34. The highest BCUT2D eigenvalue weighted by Crippen LogP contribution is 2.49. The minimum Gasteiger partial charge on any atom is -0.0737 e. The van der Waals surface area contributed by atoms with Crippen molar-refractivity contribution in [2.24, 2.45) is 0 Å². The van der Waals surface area contributed by atoms with E-state index in [4.69, 9.17) is 0 Å². The second kappa shape index (κ2) is 24.3. The fourth-order valence-corrected chi connectivity index (χ4v) is 11.2. The minimum atomic E-state index is 1.13. The van der Waals surface area contributed by atoms with Crippen LogP contribution in [0.5, 0.6) is 0 Å². The maximum Gasteiger partial charge on any atom is 0.146 e. The van der Waals surface area contributed by atoms with E-state index in [1.165, 1.54) is 141 Å². The van der Waals surface area contributed by atoms with Gasteiger partial charge in [-0.3, -0.25) is 0 Å². The van der Waals surface area contributed by atoms with Gasteiger partial charge in [0.2, 0.25) is 0 Å². The first kappa shape index (κ1) is 37.0. The summed E-state index contributed by atoms with van der Waals surface area (Å²) in [4.78, 5) is 0. The molecule has 0 aromatic heterocycles. The maximum absolute atomic E-state index is 1.58. The molecule has 0 nitrogen and oxygen atoms in total. The van der Waals surface area contributed by atoms with Crippen LogP contribution in [0.2, 0.25) is 35.9 Å². The van der Waals surface area contributed by atoms with Crippen LogP contribution in [0.15, 0.2) is 0 Å². The van der Waals surface area contributed by atoms with Crippen molar-refractivity contribution in [3.8, 4) is 0 Å². The standard InChI is InChI=1S/C42H80B2/c1(3-5-7-9-11-13-15-17-19-21-23-37-43-39-29-25-30-40(43)32-26-31-39)2-4-6-8-10-12-14-16-18-20-22-24-38-44-41-33-27-34-42(44)36-28-35-41/h39-42H,1-38H2. The average Bonchev–Trinajstić information content (AvgIpc) is 3.02. The summed E-state index contributed by atoms with van der Waals surface area (Å²) in [7, 11) is 0. The molecule has 4 aliphatic heterocycles. The van der Waals surface area contributed by atoms with Crippen molar-refractivity contribution < 1.29 is 0 Å². The predicted octanol–water partition coefficient (Wildman–Crippen LogP) is 15.6. The van der Waals surface area contributed by atoms with E-state index in [-0.39, 0.29) is 0 Å². The third kappa shape index (κ3) is 14.9. The van der Waals surface area contributed by atoms with Gasteiger partial charge in [0.25, 0.3) is 0 Å². The summed E-state index contributed by atoms with van der Waals surface area (Å²) in [6.45, 7) is 2.27. The molecular formula is C42H80B2. The van der Waals surface area contributed by atoms with Gasteiger partial charge in [0.1, 0.15) is 13.4 Å². The highest BCUT2D eigenvalue weighted by molar-refractivity contribution is 6.63. The summed E-state index contributed by atoms with van der Waals surface area (Å²) in [5.41, 5.74) is 0. The van der Waals surface area contributed by atoms with Crippen LogP contribution in [0.1, 0.15) is 231 Å². The van der Waals surface area contributed by atoms with Gasteiger partial charge in [0.05, 0.1) is 0 Å². The lowest BCUT2D eigenvalue weighted by molar-refractivity contribution is 0.439. The Morgan fingerprint density at radius 2 is 0.386 bits per heavy atom. The first-order valence-corrected chi connectivity index (χ1v) is 21.9. The van der Waals surface area contributed by atoms with Gasteiger partial charge in [0, 0.05) is 0 Å². The molecule has 254 valence electrons. The first-order chi connectivity index (χ1) is 21.9. The molecule has 2 heteroatoms. The van der Waals surface area contributed by atoms with Crippen molar-refractivity contribution in [1.82, 2.24) is 0 Å². The molecule has 4 fully saturated rings. The Kier molecular flexibility index (Phi) is 20.4. The SMILES string of the molecule is C(CCCCCCCCCCCCCB1C2CCCC1CCC2)CCCCCCCCCCCCB1C2CCCC1CCC2. The average molecular weight is 607 g/mol. The molecule has 0 spiro atoms. The largest absolute Gasteiger partial charge is 0.146 e. The zero-order valence-corrected chi connectivity index (χ0v) is 30.3. The van der Waals surface area contributed by atoms with Crippen LogP contribution >= 0.6 is 0 Å². The molecule has 0 aromatic rings. The van der Waals surface area contributed by atoms with Crippen LogP contribution < -0.4 is 0 Å². The third-order valence-corrected chi connectivity index (χ3v) is 13.8. The Morgan fingerprint density at radius 1 is 0.227 bits per heavy atom. The summed E-state index contributed by atoms with van der Waals surface area (Å²) in [6, 6.07) is 0. The van der Waals surface area contributed by atoms with E-state index in [1.807, 2.05) is 0 Å². The molecule has 0 aliphatic carbocycles. The Balaban J connectivity index is 0.783. The van der Waals surface area contributed by atoms with Gasteiger partial charge in [-0.25, -0.2) is 0 Å². The van der Waals surface area contributed by atoms with Gasteiger partial charge < -0.3 is 0 Å². The molecule has 0 amide bonds. The summed E-state index contributed by atoms with van der Waals surface area (Å²) >= 11 is 0. The van der Waals surface area contributed by atoms with Crippen molar-refractivity contribution in [2.75, 3.05) is 0 Å². The van der Waals surface area contributed by atoms with Crippen molar-refractivity contribution in [2.45, 2.75) is 267 Å². The number of unbranched alkanes of at least 4 members (excludes halogenated alkanes) is 23. The van der Waals surface area contributed by atoms with E-state index >= 15 is 0 Å². The van der Waals surface area contributed by atoms with Gasteiger partial charge in [-0.1, -0.05) is 267 Å². The molecule has 0 radical (unpaired) electrons. The maximum atomic E-state index is 1.58. The minimum absolute atomic E-state index is 1.13. The summed E-state index contributed by atoms with van der Waals surface area (Å²) in [5, 5.41) is 0. The summed E-state index contributed by atoms with van der Waals surface area (Å²) in [5.74, 6) is 4.52. The second-order valence-corrected chi connectivity index (χ2v) is 17.2. The topological polar surface area (TPSA) is 0 Å². The van der Waals surface area contributed by atoms with Gasteiger partial charge in [-0.15, -0.1) is 0 Å². The molecule has 4 rings (SSSR count). The van der Waals surface area contributed by atoms with Gasteiger partial charge in [-0.2, -0.15) is 0 Å². The number of fused-ring (bicyclic) bond motifs is 4. The van der Waals surface area contributed by atoms with E-state index in [0.29, 0.717) is 0 Å². The van der Waals surface area contributed by atoms with Crippen molar-refractivity contribution in [3.63, 3.8) is 0 Å². The molecule has 0 N–H and O–H groups in total. The normalized spacial score (nSPS) is 25.1. The van der Waals surface area contributed by atoms with Crippen LogP contribution in [0.3, 0.4) is 0 Å². The highest BCUT2D eigenvalue weighted by Gasteiger charge is 2.39. The molecule has 0 unspecified atom stereocenters. The molecule has 4 saturated heterocycles. The monoisotopic (exact) mass is 607 g/mol. The van der Waals surface area contributed by atoms with E-state index in [0.717, 1.165) is 36.7 Å². The van der Waals surface area contributed by atoms with E-state index < -0.39 is 0 Å². The molecule has 44 heavy (non-hydrogen) atoms. The van der Waals surface area contributed by atoms with Crippen molar-refractivity contribution in [1.29, 1.82) is 0 Å². The molecular weight excluding hydrogens is 526 g/mol. The first-order valence-electron chi connectivity index (χ1n) is 21.9. The number of hydrogen-bond acceptors (Lipinski definition) is 0. The summed E-state index contributed by atoms with van der Waals surface area (Å²) < 4.78 is 0. The molecule has 4 aliphatic rings. The van der Waals surface area contributed by atoms with Crippen LogP contribution in [-0.4, -0.2) is 13.4 Å². The second-order valence-electron chi connectivity index (χ2n) is 17.2. The van der Waals surface area contributed by atoms with E-state index in [1.54, 1.807) is 103 Å². The van der Waals surface area contributed by atoms with Gasteiger partial charge >= 0.3 is 0 Å². The van der Waals surface area contributed by atoms with Crippen molar-refractivity contribution >= 4 is 13.4 Å². The van der Waals surface area contributed by atoms with Crippen LogP contribution in [-0.2, 0) is 0 Å². The van der Waals surface area contributed by atoms with Crippen LogP contribution in [0.25, 0.3) is 0 Å². The summed E-state index contributed by atoms with van der Waals surface area (Å²) in [6.07, 6.45) is 58.2. The zero-order valence-electron chi connectivity index (χ0n) is 30.3. The van der Waals surface area contributed by atoms with Gasteiger partial charge in [0.15, 0.2) is 0 Å². The van der Waals surface area contributed by atoms with Crippen LogP contribution in [0, 0.1) is 0 Å². The predicted molar refractivity (Wildman–Crippen MR) is 202 cm³/mol. The zero-order chi connectivity index (χ0) is 30.3. The van der Waals surface area contributed by atoms with Crippen molar-refractivity contribution in [3.05, 3.63) is 0 Å². The molecule has 0 saturated carbocycles. The van der Waals surface area contributed by atoms with Crippen LogP contribution in [0.4, 0.5) is 0 Å². The van der Waals surface area contributed by atoms with E-state index in [9.17, 15) is 0 Å². The Labute approximate surface area is 279 Å².